The maximum Gasteiger partial charge on any atom is 0.0562 e. The molecule has 0 atom stereocenters. The molecule has 45 heavy (non-hydrogen) atoms. The van der Waals surface area contributed by atoms with Crippen LogP contribution in [0.15, 0.2) is 158 Å². The first-order chi connectivity index (χ1) is 22.3. The number of para-hydroxylation sites is 4. The zero-order valence-corrected chi connectivity index (χ0v) is 25.1. The van der Waals surface area contributed by atoms with Crippen LogP contribution in [0.3, 0.4) is 0 Å². The van der Waals surface area contributed by atoms with E-state index in [-0.39, 0.29) is 0 Å². The molecule has 3 heteroatoms. The van der Waals surface area contributed by atoms with Crippen LogP contribution in [-0.4, -0.2) is 9.13 Å². The number of fused-ring (bicyclic) bond motifs is 9. The molecule has 0 N–H and O–H groups in total. The van der Waals surface area contributed by atoms with Crippen LogP contribution in [0.1, 0.15) is 0 Å². The van der Waals surface area contributed by atoms with Crippen molar-refractivity contribution < 1.29 is 0 Å². The van der Waals surface area contributed by atoms with Gasteiger partial charge in [0.2, 0.25) is 0 Å². The smallest absolute Gasteiger partial charge is 0.0562 e. The largest absolute Gasteiger partial charge is 0.309 e. The van der Waals surface area contributed by atoms with E-state index in [0.717, 1.165) is 0 Å². The second kappa shape index (κ2) is 9.43. The first-order valence-corrected chi connectivity index (χ1v) is 16.2. The zero-order chi connectivity index (χ0) is 29.5. The van der Waals surface area contributed by atoms with Crippen LogP contribution in [0.2, 0.25) is 0 Å². The van der Waals surface area contributed by atoms with E-state index < -0.39 is 0 Å². The van der Waals surface area contributed by atoms with Gasteiger partial charge in [0.15, 0.2) is 0 Å². The maximum absolute atomic E-state index is 2.48. The summed E-state index contributed by atoms with van der Waals surface area (Å²) in [6, 6.07) is 57.6. The molecule has 0 amide bonds. The molecule has 3 heterocycles. The van der Waals surface area contributed by atoms with Crippen molar-refractivity contribution in [2.45, 2.75) is 0 Å². The highest BCUT2D eigenvalue weighted by atomic mass is 32.1. The Labute approximate surface area is 263 Å². The van der Waals surface area contributed by atoms with E-state index in [4.69, 9.17) is 0 Å². The molecule has 10 aromatic rings. The molecule has 0 aliphatic heterocycles. The highest BCUT2D eigenvalue weighted by Gasteiger charge is 2.20. The van der Waals surface area contributed by atoms with E-state index in [0.29, 0.717) is 0 Å². The van der Waals surface area contributed by atoms with Crippen molar-refractivity contribution in [3.05, 3.63) is 158 Å². The molecular weight excluding hydrogens is 565 g/mol. The number of aromatic nitrogens is 2. The summed E-state index contributed by atoms with van der Waals surface area (Å²) in [5, 5.41) is 7.72. The maximum atomic E-state index is 2.48. The molecule has 0 radical (unpaired) electrons. The average Bonchev–Trinajstić information content (AvgIpc) is 3.75. The molecule has 0 bridgehead atoms. The Morgan fingerprint density at radius 3 is 1.73 bits per heavy atom. The van der Waals surface area contributed by atoms with Crippen molar-refractivity contribution in [1.82, 2.24) is 9.13 Å². The van der Waals surface area contributed by atoms with E-state index in [1.807, 2.05) is 11.3 Å². The van der Waals surface area contributed by atoms with Gasteiger partial charge in [0.25, 0.3) is 0 Å². The normalized spacial score (nSPS) is 12.0. The summed E-state index contributed by atoms with van der Waals surface area (Å²) < 4.78 is 7.55. The third-order valence-corrected chi connectivity index (χ3v) is 10.5. The fourth-order valence-corrected chi connectivity index (χ4v) is 8.63. The van der Waals surface area contributed by atoms with E-state index >= 15 is 0 Å². The number of rotatable bonds is 3. The molecule has 0 aliphatic carbocycles. The van der Waals surface area contributed by atoms with E-state index in [2.05, 4.69) is 167 Å². The van der Waals surface area contributed by atoms with Gasteiger partial charge in [-0.25, -0.2) is 0 Å². The van der Waals surface area contributed by atoms with Crippen molar-refractivity contribution in [2.24, 2.45) is 0 Å². The molecule has 7 aromatic carbocycles. The number of hydrogen-bond donors (Lipinski definition) is 0. The number of nitrogens with zero attached hydrogens (tertiary/aromatic N) is 2. The van der Waals surface area contributed by atoms with Crippen LogP contribution in [0.4, 0.5) is 0 Å². The Kier molecular flexibility index (Phi) is 5.19. The van der Waals surface area contributed by atoms with Gasteiger partial charge in [0.1, 0.15) is 0 Å². The zero-order valence-electron chi connectivity index (χ0n) is 24.3. The lowest BCUT2D eigenvalue weighted by molar-refractivity contribution is 1.17. The summed E-state index contributed by atoms with van der Waals surface area (Å²) in [6.07, 6.45) is 0. The third kappa shape index (κ3) is 3.50. The Hall–Kier alpha value is -5.64. The molecule has 0 unspecified atom stereocenters. The molecule has 2 nitrogen and oxygen atoms in total. The average molecular weight is 591 g/mol. The van der Waals surface area contributed by atoms with Gasteiger partial charge in [0.05, 0.1) is 27.8 Å². The Morgan fingerprint density at radius 2 is 0.933 bits per heavy atom. The van der Waals surface area contributed by atoms with Crippen LogP contribution < -0.4 is 0 Å². The lowest BCUT2D eigenvalue weighted by Gasteiger charge is -2.15. The fourth-order valence-electron chi connectivity index (χ4n) is 7.40. The van der Waals surface area contributed by atoms with Crippen molar-refractivity contribution >= 4 is 75.1 Å². The molecule has 0 aliphatic rings. The minimum Gasteiger partial charge on any atom is -0.309 e. The summed E-state index contributed by atoms with van der Waals surface area (Å²) in [5.41, 5.74) is 9.72. The Bertz CT molecular complexity index is 2760. The van der Waals surface area contributed by atoms with E-state index in [9.17, 15) is 0 Å². The van der Waals surface area contributed by atoms with Crippen molar-refractivity contribution in [3.8, 4) is 22.5 Å². The minimum atomic E-state index is 1.17. The highest BCUT2D eigenvalue weighted by Crippen LogP contribution is 2.44. The lowest BCUT2D eigenvalue weighted by atomic mass is 10.0. The van der Waals surface area contributed by atoms with Gasteiger partial charge in [-0.05, 0) is 48.5 Å². The number of hydrogen-bond acceptors (Lipinski definition) is 1. The monoisotopic (exact) mass is 590 g/mol. The van der Waals surface area contributed by atoms with Gasteiger partial charge < -0.3 is 9.13 Å². The van der Waals surface area contributed by atoms with E-state index in [1.54, 1.807) is 0 Å². The van der Waals surface area contributed by atoms with Crippen LogP contribution in [0, 0.1) is 0 Å². The highest BCUT2D eigenvalue weighted by molar-refractivity contribution is 7.26. The summed E-state index contributed by atoms with van der Waals surface area (Å²) in [4.78, 5) is 0. The van der Waals surface area contributed by atoms with Gasteiger partial charge in [-0.2, -0.15) is 0 Å². The van der Waals surface area contributed by atoms with Crippen molar-refractivity contribution in [1.29, 1.82) is 0 Å². The number of benzene rings is 7. The first-order valence-electron chi connectivity index (χ1n) is 15.4. The van der Waals surface area contributed by atoms with Gasteiger partial charge in [-0.3, -0.25) is 0 Å². The lowest BCUT2D eigenvalue weighted by Crippen LogP contribution is -1.98. The summed E-state index contributed by atoms with van der Waals surface area (Å²) in [6.45, 7) is 0. The molecule has 210 valence electrons. The SMILES string of the molecule is c1ccc(-n2c3ccccc3c3cc4c5ccccc5n(-c5ccccc5-c5cccc6c5sc5ccccc56)c4cc32)cc1. The van der Waals surface area contributed by atoms with Crippen LogP contribution in [0.5, 0.6) is 0 Å². The predicted octanol–water partition coefficient (Wildman–Crippen LogP) is 11.9. The molecule has 3 aromatic heterocycles. The quantitative estimate of drug-likeness (QED) is 0.194. The fraction of sp³-hybridized carbons (Fsp3) is 0. The third-order valence-electron chi connectivity index (χ3n) is 9.32. The van der Waals surface area contributed by atoms with Gasteiger partial charge in [-0.15, -0.1) is 11.3 Å². The minimum absolute atomic E-state index is 1.17. The summed E-state index contributed by atoms with van der Waals surface area (Å²) in [5.74, 6) is 0. The van der Waals surface area contributed by atoms with Crippen LogP contribution in [-0.2, 0) is 0 Å². The van der Waals surface area contributed by atoms with Gasteiger partial charge in [0, 0.05) is 58.5 Å². The predicted molar refractivity (Wildman–Crippen MR) is 193 cm³/mol. The molecular formula is C42H26N2S. The molecule has 0 saturated carbocycles. The first kappa shape index (κ1) is 24.8. The standard InChI is InChI=1S/C42H26N2S/c1-2-13-27(14-3-1)43-36-21-8-5-16-29(36)34-25-35-30-17-6-10-23-38(30)44(40(35)26-39(34)43)37-22-9-4-15-28(37)32-19-12-20-33-31-18-7-11-24-41(31)45-42(32)33/h1-26H. The summed E-state index contributed by atoms with van der Waals surface area (Å²) in [7, 11) is 0. The van der Waals surface area contributed by atoms with Crippen molar-refractivity contribution in [3.63, 3.8) is 0 Å². The molecule has 0 fully saturated rings. The Morgan fingerprint density at radius 1 is 0.356 bits per heavy atom. The van der Waals surface area contributed by atoms with Crippen molar-refractivity contribution in [2.75, 3.05) is 0 Å². The van der Waals surface area contributed by atoms with Crippen LogP contribution >= 0.6 is 11.3 Å². The summed E-state index contributed by atoms with van der Waals surface area (Å²) >= 11 is 1.89. The van der Waals surface area contributed by atoms with Crippen LogP contribution in [0.25, 0.3) is 86.3 Å². The second-order valence-electron chi connectivity index (χ2n) is 11.7. The Balaban J connectivity index is 1.34. The van der Waals surface area contributed by atoms with Gasteiger partial charge >= 0.3 is 0 Å². The molecule has 10 rings (SSSR count). The van der Waals surface area contributed by atoms with Gasteiger partial charge in [-0.1, -0.05) is 109 Å². The second-order valence-corrected chi connectivity index (χ2v) is 12.8. The topological polar surface area (TPSA) is 9.86 Å². The molecule has 0 spiro atoms. The van der Waals surface area contributed by atoms with E-state index in [1.165, 1.54) is 86.3 Å². The number of thiophene rings is 1. The molecule has 0 saturated heterocycles.